The number of aromatic nitrogens is 2. The third-order valence-electron chi connectivity index (χ3n) is 6.59. The number of amides is 1. The average molecular weight is 427 g/mol. The minimum absolute atomic E-state index is 0.124. The van der Waals surface area contributed by atoms with E-state index in [0.29, 0.717) is 24.3 Å². The van der Waals surface area contributed by atoms with Gasteiger partial charge < -0.3 is 14.6 Å². The number of hydrogen-bond donors (Lipinski definition) is 1. The lowest BCUT2D eigenvalue weighted by atomic mass is 9.93. The van der Waals surface area contributed by atoms with Gasteiger partial charge in [0, 0.05) is 17.5 Å². The highest BCUT2D eigenvalue weighted by Crippen LogP contribution is 2.23. The van der Waals surface area contributed by atoms with Crippen molar-refractivity contribution < 1.29 is 14.1 Å². The van der Waals surface area contributed by atoms with Gasteiger partial charge in [-0.2, -0.15) is 4.98 Å². The standard InChI is InChI=1S/C24H34N4O3/c1-30-21-11-9-18(10-12-21)23-26-22(31-27-23)17-28-15-13-19(14-16-28)24(29)25-20-7-5-3-2-4-6-8-20/h9-12,19-20H,2-8,13-17H2,1H3,(H,25,29). The quantitative estimate of drug-likeness (QED) is 0.746. The SMILES string of the molecule is COc1ccc(-c2noc(CN3CCC(C(=O)NC4CCCCCCC4)CC3)n2)cc1. The summed E-state index contributed by atoms with van der Waals surface area (Å²) >= 11 is 0. The second-order valence-electron chi connectivity index (χ2n) is 8.84. The molecule has 1 aromatic carbocycles. The predicted molar refractivity (Wildman–Crippen MR) is 119 cm³/mol. The van der Waals surface area contributed by atoms with Gasteiger partial charge in [0.25, 0.3) is 0 Å². The summed E-state index contributed by atoms with van der Waals surface area (Å²) < 4.78 is 10.7. The van der Waals surface area contributed by atoms with Crippen LogP contribution in [0.3, 0.4) is 0 Å². The summed E-state index contributed by atoms with van der Waals surface area (Å²) in [4.78, 5) is 19.6. The van der Waals surface area contributed by atoms with Crippen LogP contribution in [0.5, 0.6) is 5.75 Å². The minimum Gasteiger partial charge on any atom is -0.497 e. The van der Waals surface area contributed by atoms with E-state index in [1.165, 1.54) is 32.1 Å². The van der Waals surface area contributed by atoms with E-state index in [0.717, 1.165) is 50.1 Å². The van der Waals surface area contributed by atoms with Crippen LogP contribution in [-0.4, -0.2) is 47.2 Å². The average Bonchev–Trinajstić information content (AvgIpc) is 3.24. The van der Waals surface area contributed by atoms with Gasteiger partial charge in [-0.25, -0.2) is 0 Å². The molecule has 1 amide bonds. The van der Waals surface area contributed by atoms with Crippen LogP contribution in [0.4, 0.5) is 0 Å². The van der Waals surface area contributed by atoms with Crippen LogP contribution in [0.15, 0.2) is 28.8 Å². The van der Waals surface area contributed by atoms with Crippen LogP contribution < -0.4 is 10.1 Å². The molecule has 1 aliphatic heterocycles. The Kier molecular flexibility index (Phi) is 7.57. The molecule has 2 aromatic rings. The maximum atomic E-state index is 12.8. The van der Waals surface area contributed by atoms with Gasteiger partial charge in [0.15, 0.2) is 0 Å². The van der Waals surface area contributed by atoms with Crippen LogP contribution in [0.2, 0.25) is 0 Å². The summed E-state index contributed by atoms with van der Waals surface area (Å²) in [5, 5.41) is 7.46. The highest BCUT2D eigenvalue weighted by Gasteiger charge is 2.27. The molecule has 1 aliphatic carbocycles. The topological polar surface area (TPSA) is 80.5 Å². The molecule has 31 heavy (non-hydrogen) atoms. The Labute approximate surface area is 184 Å². The van der Waals surface area contributed by atoms with E-state index < -0.39 is 0 Å². The lowest BCUT2D eigenvalue weighted by Crippen LogP contribution is -2.43. The first-order valence-electron chi connectivity index (χ1n) is 11.7. The van der Waals surface area contributed by atoms with Crippen LogP contribution in [0.1, 0.15) is 63.7 Å². The molecule has 1 N–H and O–H groups in total. The molecule has 0 bridgehead atoms. The van der Waals surface area contributed by atoms with E-state index in [1.54, 1.807) is 7.11 Å². The zero-order chi connectivity index (χ0) is 21.5. The van der Waals surface area contributed by atoms with Crippen molar-refractivity contribution in [3.63, 3.8) is 0 Å². The lowest BCUT2D eigenvalue weighted by Gasteiger charge is -2.31. The molecule has 7 nitrogen and oxygen atoms in total. The molecular formula is C24H34N4O3. The molecule has 4 rings (SSSR count). The third kappa shape index (κ3) is 6.06. The number of piperidine rings is 1. The first-order valence-corrected chi connectivity index (χ1v) is 11.7. The number of hydrogen-bond acceptors (Lipinski definition) is 6. The second kappa shape index (κ2) is 10.8. The summed E-state index contributed by atoms with van der Waals surface area (Å²) in [5.74, 6) is 2.38. The lowest BCUT2D eigenvalue weighted by molar-refractivity contribution is -0.127. The summed E-state index contributed by atoms with van der Waals surface area (Å²) in [6.07, 6.45) is 10.5. The summed E-state index contributed by atoms with van der Waals surface area (Å²) in [7, 11) is 1.65. The van der Waals surface area contributed by atoms with Crippen molar-refractivity contribution >= 4 is 5.91 Å². The fourth-order valence-electron chi connectivity index (χ4n) is 4.64. The van der Waals surface area contributed by atoms with E-state index >= 15 is 0 Å². The van der Waals surface area contributed by atoms with Gasteiger partial charge in [-0.15, -0.1) is 0 Å². The van der Waals surface area contributed by atoms with Crippen LogP contribution in [0.25, 0.3) is 11.4 Å². The monoisotopic (exact) mass is 426 g/mol. The molecule has 7 heteroatoms. The third-order valence-corrected chi connectivity index (χ3v) is 6.59. The van der Waals surface area contributed by atoms with E-state index in [9.17, 15) is 4.79 Å². The summed E-state index contributed by atoms with van der Waals surface area (Å²) in [6, 6.07) is 8.00. The van der Waals surface area contributed by atoms with Crippen molar-refractivity contribution in [2.24, 2.45) is 5.92 Å². The van der Waals surface area contributed by atoms with E-state index in [-0.39, 0.29) is 11.8 Å². The largest absolute Gasteiger partial charge is 0.497 e. The Morgan fingerprint density at radius 2 is 1.74 bits per heavy atom. The van der Waals surface area contributed by atoms with Crippen LogP contribution in [0, 0.1) is 5.92 Å². The highest BCUT2D eigenvalue weighted by molar-refractivity contribution is 5.79. The van der Waals surface area contributed by atoms with E-state index in [2.05, 4.69) is 20.4 Å². The molecule has 0 unspecified atom stereocenters. The smallest absolute Gasteiger partial charge is 0.241 e. The van der Waals surface area contributed by atoms with Crippen LogP contribution in [-0.2, 0) is 11.3 Å². The van der Waals surface area contributed by atoms with Crippen molar-refractivity contribution in [2.75, 3.05) is 20.2 Å². The molecule has 1 saturated carbocycles. The van der Waals surface area contributed by atoms with Gasteiger partial charge in [-0.1, -0.05) is 37.3 Å². The van der Waals surface area contributed by atoms with Gasteiger partial charge in [0.2, 0.25) is 17.6 Å². The van der Waals surface area contributed by atoms with Crippen molar-refractivity contribution in [3.8, 4) is 17.1 Å². The number of carbonyl (C=O) groups is 1. The Bertz CT molecular complexity index is 820. The van der Waals surface area contributed by atoms with Crippen LogP contribution >= 0.6 is 0 Å². The zero-order valence-electron chi connectivity index (χ0n) is 18.5. The molecule has 0 spiro atoms. The number of nitrogens with zero attached hydrogens (tertiary/aromatic N) is 3. The maximum absolute atomic E-state index is 12.8. The fourth-order valence-corrected chi connectivity index (χ4v) is 4.64. The maximum Gasteiger partial charge on any atom is 0.241 e. The molecule has 168 valence electrons. The first kappa shape index (κ1) is 21.8. The normalized spacial score (nSPS) is 19.5. The second-order valence-corrected chi connectivity index (χ2v) is 8.84. The predicted octanol–water partition coefficient (Wildman–Crippen LogP) is 4.19. The number of ether oxygens (including phenoxy) is 1. The van der Waals surface area contributed by atoms with Crippen molar-refractivity contribution in [3.05, 3.63) is 30.2 Å². The van der Waals surface area contributed by atoms with Gasteiger partial charge in [-0.05, 0) is 63.0 Å². The Balaban J connectivity index is 1.23. The van der Waals surface area contributed by atoms with Gasteiger partial charge in [0.1, 0.15) is 5.75 Å². The number of carbonyl (C=O) groups excluding carboxylic acids is 1. The Morgan fingerprint density at radius 1 is 1.06 bits per heavy atom. The zero-order valence-corrected chi connectivity index (χ0v) is 18.5. The van der Waals surface area contributed by atoms with Crippen molar-refractivity contribution in [2.45, 2.75) is 70.4 Å². The van der Waals surface area contributed by atoms with Gasteiger partial charge >= 0.3 is 0 Å². The van der Waals surface area contributed by atoms with Gasteiger partial charge in [-0.3, -0.25) is 9.69 Å². The molecule has 2 fully saturated rings. The molecule has 0 atom stereocenters. The first-order chi connectivity index (χ1) is 15.2. The number of methoxy groups -OCH3 is 1. The van der Waals surface area contributed by atoms with E-state index in [4.69, 9.17) is 9.26 Å². The Hall–Kier alpha value is -2.41. The molecule has 2 heterocycles. The fraction of sp³-hybridized carbons (Fsp3) is 0.625. The molecular weight excluding hydrogens is 392 g/mol. The summed E-state index contributed by atoms with van der Waals surface area (Å²) in [6.45, 7) is 2.38. The molecule has 0 radical (unpaired) electrons. The highest BCUT2D eigenvalue weighted by atomic mass is 16.5. The Morgan fingerprint density at radius 3 is 2.42 bits per heavy atom. The number of rotatable bonds is 6. The number of nitrogens with one attached hydrogen (secondary N) is 1. The van der Waals surface area contributed by atoms with Crippen molar-refractivity contribution in [1.82, 2.24) is 20.4 Å². The molecule has 2 aliphatic rings. The number of benzene rings is 1. The molecule has 1 aromatic heterocycles. The minimum atomic E-state index is 0.124. The summed E-state index contributed by atoms with van der Waals surface area (Å²) in [5.41, 5.74) is 0.903. The van der Waals surface area contributed by atoms with Crippen molar-refractivity contribution in [1.29, 1.82) is 0 Å². The van der Waals surface area contributed by atoms with E-state index in [1.807, 2.05) is 24.3 Å². The van der Waals surface area contributed by atoms with Gasteiger partial charge in [0.05, 0.1) is 13.7 Å². The number of likely N-dealkylation sites (tertiary alicyclic amines) is 1. The molecule has 1 saturated heterocycles.